The van der Waals surface area contributed by atoms with Crippen LogP contribution in [0.5, 0.6) is 0 Å². The van der Waals surface area contributed by atoms with Gasteiger partial charge in [0, 0.05) is 12.6 Å². The molecule has 2 atom stereocenters. The summed E-state index contributed by atoms with van der Waals surface area (Å²) in [4.78, 5) is 2.13. The molecular formula is C17H29NO3. The predicted octanol–water partition coefficient (Wildman–Crippen LogP) is 2.48. The summed E-state index contributed by atoms with van der Waals surface area (Å²) < 4.78 is 10.8. The van der Waals surface area contributed by atoms with Crippen LogP contribution in [-0.2, 0) is 9.47 Å². The lowest BCUT2D eigenvalue weighted by atomic mass is 10.1. The molecule has 0 aliphatic rings. The van der Waals surface area contributed by atoms with Gasteiger partial charge >= 0.3 is 0 Å². The summed E-state index contributed by atoms with van der Waals surface area (Å²) >= 11 is 0. The van der Waals surface area contributed by atoms with E-state index in [4.69, 9.17) is 9.47 Å². The average molecular weight is 295 g/mol. The molecule has 120 valence electrons. The largest absolute Gasteiger partial charge is 0.389 e. The van der Waals surface area contributed by atoms with Gasteiger partial charge in [0.05, 0.1) is 32.0 Å². The van der Waals surface area contributed by atoms with Crippen LogP contribution < -0.4 is 0 Å². The van der Waals surface area contributed by atoms with Crippen LogP contribution in [0.25, 0.3) is 0 Å². The number of benzene rings is 1. The van der Waals surface area contributed by atoms with Gasteiger partial charge in [-0.25, -0.2) is 0 Å². The highest BCUT2D eigenvalue weighted by atomic mass is 16.5. The zero-order chi connectivity index (χ0) is 15.7. The molecule has 4 nitrogen and oxygen atoms in total. The third-order valence-electron chi connectivity index (χ3n) is 3.43. The molecule has 0 heterocycles. The quantitative estimate of drug-likeness (QED) is 0.673. The Labute approximate surface area is 128 Å². The highest BCUT2D eigenvalue weighted by molar-refractivity contribution is 5.18. The molecule has 0 amide bonds. The van der Waals surface area contributed by atoms with Gasteiger partial charge in [-0.15, -0.1) is 0 Å². The van der Waals surface area contributed by atoms with Gasteiger partial charge in [0.2, 0.25) is 0 Å². The Kier molecular flexibility index (Phi) is 8.54. The first-order valence-corrected chi connectivity index (χ1v) is 7.63. The fourth-order valence-electron chi connectivity index (χ4n) is 2.09. The standard InChI is InChI=1S/C17H29NO3/c1-14(2)21-11-10-20-13-17(19)12-18(4)15(3)16-8-6-5-7-9-16/h5-9,14-15,17,19H,10-13H2,1-4H3. The third-order valence-corrected chi connectivity index (χ3v) is 3.43. The molecule has 1 rings (SSSR count). The lowest BCUT2D eigenvalue weighted by Crippen LogP contribution is -2.34. The van der Waals surface area contributed by atoms with Gasteiger partial charge in [0.25, 0.3) is 0 Å². The van der Waals surface area contributed by atoms with E-state index in [-0.39, 0.29) is 12.1 Å². The van der Waals surface area contributed by atoms with Crippen molar-refractivity contribution in [1.82, 2.24) is 4.90 Å². The normalized spacial score (nSPS) is 14.6. The second-order valence-electron chi connectivity index (χ2n) is 5.67. The molecule has 4 heteroatoms. The van der Waals surface area contributed by atoms with Crippen LogP contribution in [0.1, 0.15) is 32.4 Å². The van der Waals surface area contributed by atoms with E-state index in [1.54, 1.807) is 0 Å². The first-order valence-electron chi connectivity index (χ1n) is 7.63. The highest BCUT2D eigenvalue weighted by Crippen LogP contribution is 2.18. The van der Waals surface area contributed by atoms with Crippen LogP contribution in [0.2, 0.25) is 0 Å². The molecule has 0 aliphatic carbocycles. The third kappa shape index (κ3) is 7.58. The summed E-state index contributed by atoms with van der Waals surface area (Å²) in [7, 11) is 2.02. The molecule has 0 aromatic heterocycles. The molecule has 1 aromatic rings. The van der Waals surface area contributed by atoms with Crippen molar-refractivity contribution in [3.05, 3.63) is 35.9 Å². The Bertz CT molecular complexity index is 370. The minimum atomic E-state index is -0.486. The van der Waals surface area contributed by atoms with Gasteiger partial charge in [0.1, 0.15) is 0 Å². The Morgan fingerprint density at radius 3 is 2.38 bits per heavy atom. The van der Waals surface area contributed by atoms with Gasteiger partial charge < -0.3 is 14.6 Å². The van der Waals surface area contributed by atoms with E-state index in [1.165, 1.54) is 5.56 Å². The first-order chi connectivity index (χ1) is 10.0. The summed E-state index contributed by atoms with van der Waals surface area (Å²) in [5.74, 6) is 0. The van der Waals surface area contributed by atoms with Crippen molar-refractivity contribution in [2.45, 2.75) is 39.0 Å². The van der Waals surface area contributed by atoms with E-state index < -0.39 is 6.10 Å². The molecule has 0 saturated heterocycles. The minimum Gasteiger partial charge on any atom is -0.389 e. The van der Waals surface area contributed by atoms with E-state index in [2.05, 4.69) is 24.0 Å². The molecule has 0 radical (unpaired) electrons. The van der Waals surface area contributed by atoms with Crippen molar-refractivity contribution in [2.24, 2.45) is 0 Å². The van der Waals surface area contributed by atoms with Crippen LogP contribution in [0.4, 0.5) is 0 Å². The zero-order valence-corrected chi connectivity index (χ0v) is 13.7. The average Bonchev–Trinajstić information content (AvgIpc) is 2.46. The summed E-state index contributed by atoms with van der Waals surface area (Å²) in [6, 6.07) is 10.6. The number of nitrogens with zero attached hydrogens (tertiary/aromatic N) is 1. The van der Waals surface area contributed by atoms with Crippen LogP contribution in [0.3, 0.4) is 0 Å². The van der Waals surface area contributed by atoms with E-state index in [0.29, 0.717) is 26.4 Å². The number of hydrogen-bond acceptors (Lipinski definition) is 4. The van der Waals surface area contributed by atoms with Gasteiger partial charge in [-0.2, -0.15) is 0 Å². The lowest BCUT2D eigenvalue weighted by molar-refractivity contribution is -0.0193. The minimum absolute atomic E-state index is 0.219. The van der Waals surface area contributed by atoms with E-state index in [0.717, 1.165) is 0 Å². The Morgan fingerprint density at radius 1 is 1.10 bits per heavy atom. The Balaban J connectivity index is 2.22. The first kappa shape index (κ1) is 18.1. The second-order valence-corrected chi connectivity index (χ2v) is 5.67. The molecule has 0 aliphatic heterocycles. The number of likely N-dealkylation sites (N-methyl/N-ethyl adjacent to an activating group) is 1. The molecule has 1 aromatic carbocycles. The van der Waals surface area contributed by atoms with Crippen molar-refractivity contribution in [3.63, 3.8) is 0 Å². The van der Waals surface area contributed by atoms with Crippen LogP contribution in [-0.4, -0.2) is 55.6 Å². The van der Waals surface area contributed by atoms with Crippen LogP contribution in [0, 0.1) is 0 Å². The van der Waals surface area contributed by atoms with Crippen molar-refractivity contribution >= 4 is 0 Å². The molecular weight excluding hydrogens is 266 g/mol. The fourth-order valence-corrected chi connectivity index (χ4v) is 2.09. The molecule has 2 unspecified atom stereocenters. The van der Waals surface area contributed by atoms with Crippen LogP contribution >= 0.6 is 0 Å². The molecule has 0 bridgehead atoms. The van der Waals surface area contributed by atoms with Crippen molar-refractivity contribution in [2.75, 3.05) is 33.4 Å². The highest BCUT2D eigenvalue weighted by Gasteiger charge is 2.15. The number of aliphatic hydroxyl groups is 1. The maximum atomic E-state index is 10.0. The zero-order valence-electron chi connectivity index (χ0n) is 13.7. The van der Waals surface area contributed by atoms with Crippen molar-refractivity contribution in [1.29, 1.82) is 0 Å². The summed E-state index contributed by atoms with van der Waals surface area (Å²) in [5, 5.41) is 10.0. The summed E-state index contributed by atoms with van der Waals surface area (Å²) in [6.45, 7) is 8.14. The van der Waals surface area contributed by atoms with Crippen molar-refractivity contribution in [3.8, 4) is 0 Å². The topological polar surface area (TPSA) is 41.9 Å². The Hall–Kier alpha value is -0.940. The lowest BCUT2D eigenvalue weighted by Gasteiger charge is -2.27. The summed E-state index contributed by atoms with van der Waals surface area (Å²) in [6.07, 6.45) is -0.267. The monoisotopic (exact) mass is 295 g/mol. The van der Waals surface area contributed by atoms with Crippen molar-refractivity contribution < 1.29 is 14.6 Å². The molecule has 0 fully saturated rings. The van der Waals surface area contributed by atoms with Crippen LogP contribution in [0.15, 0.2) is 30.3 Å². The predicted molar refractivity (Wildman–Crippen MR) is 85.4 cm³/mol. The summed E-state index contributed by atoms with van der Waals surface area (Å²) in [5.41, 5.74) is 1.25. The van der Waals surface area contributed by atoms with E-state index in [1.807, 2.05) is 39.1 Å². The van der Waals surface area contributed by atoms with E-state index in [9.17, 15) is 5.11 Å². The number of ether oxygens (including phenoxy) is 2. The van der Waals surface area contributed by atoms with E-state index >= 15 is 0 Å². The SMILES string of the molecule is CC(C)OCCOCC(O)CN(C)C(C)c1ccccc1. The number of hydrogen-bond donors (Lipinski definition) is 1. The maximum Gasteiger partial charge on any atom is 0.0900 e. The fraction of sp³-hybridized carbons (Fsp3) is 0.647. The molecule has 21 heavy (non-hydrogen) atoms. The molecule has 0 spiro atoms. The maximum absolute atomic E-state index is 10.0. The number of aliphatic hydroxyl groups excluding tert-OH is 1. The van der Waals surface area contributed by atoms with Gasteiger partial charge in [-0.05, 0) is 33.4 Å². The molecule has 0 saturated carbocycles. The second kappa shape index (κ2) is 9.90. The van der Waals surface area contributed by atoms with Gasteiger partial charge in [0.15, 0.2) is 0 Å². The smallest absolute Gasteiger partial charge is 0.0900 e. The number of rotatable bonds is 10. The molecule has 1 N–H and O–H groups in total. The van der Waals surface area contributed by atoms with Gasteiger partial charge in [-0.3, -0.25) is 4.90 Å². The van der Waals surface area contributed by atoms with Gasteiger partial charge in [-0.1, -0.05) is 30.3 Å². The Morgan fingerprint density at radius 2 is 1.76 bits per heavy atom.